The van der Waals surface area contributed by atoms with Gasteiger partial charge in [-0.05, 0) is 12.1 Å². The minimum Gasteiger partial charge on any atom is -0.469 e. The molecule has 1 saturated heterocycles. The predicted molar refractivity (Wildman–Crippen MR) is 56.0 cm³/mol. The van der Waals surface area contributed by atoms with E-state index in [1.54, 1.807) is 0 Å². The first-order chi connectivity index (χ1) is 8.15. The zero-order chi connectivity index (χ0) is 12.4. The van der Waals surface area contributed by atoms with Gasteiger partial charge in [0.05, 0.1) is 19.6 Å². The molecule has 0 spiro atoms. The molecular formula is C9H13N5O3. The molecule has 1 fully saturated rings. The van der Waals surface area contributed by atoms with E-state index in [0.29, 0.717) is 6.54 Å². The van der Waals surface area contributed by atoms with Gasteiger partial charge in [-0.25, -0.2) is 0 Å². The van der Waals surface area contributed by atoms with Gasteiger partial charge in [0.25, 0.3) is 5.95 Å². The molecule has 92 valence electrons. The van der Waals surface area contributed by atoms with E-state index in [1.165, 1.54) is 16.8 Å². The number of esters is 1. The van der Waals surface area contributed by atoms with Gasteiger partial charge in [-0.1, -0.05) is 5.10 Å². The highest BCUT2D eigenvalue weighted by atomic mass is 16.5. The Bertz CT molecular complexity index is 444. The van der Waals surface area contributed by atoms with E-state index in [9.17, 15) is 9.59 Å². The molecule has 1 aromatic heterocycles. The van der Waals surface area contributed by atoms with Crippen molar-refractivity contribution in [3.8, 4) is 0 Å². The molecule has 1 amide bonds. The van der Waals surface area contributed by atoms with Gasteiger partial charge in [-0.2, -0.15) is 4.80 Å². The van der Waals surface area contributed by atoms with Crippen LogP contribution in [0.3, 0.4) is 0 Å². The summed E-state index contributed by atoms with van der Waals surface area (Å²) in [7, 11) is 1.31. The largest absolute Gasteiger partial charge is 0.469 e. The van der Waals surface area contributed by atoms with Gasteiger partial charge >= 0.3 is 5.97 Å². The Kier molecular flexibility index (Phi) is 3.03. The summed E-state index contributed by atoms with van der Waals surface area (Å²) in [6.07, 6.45) is 0.132. The van der Waals surface area contributed by atoms with E-state index in [1.807, 2.05) is 6.92 Å². The van der Waals surface area contributed by atoms with Crippen LogP contribution in [0.15, 0.2) is 0 Å². The van der Waals surface area contributed by atoms with Crippen LogP contribution in [0, 0.1) is 5.92 Å². The van der Waals surface area contributed by atoms with Crippen LogP contribution >= 0.6 is 0 Å². The van der Waals surface area contributed by atoms with Gasteiger partial charge < -0.3 is 4.74 Å². The molecule has 8 heteroatoms. The standard InChI is InChI=1S/C9H13N5O3/c1-3-14-11-9(10-12-14)13-5-6(4-7(13)15)8(16)17-2/h6H,3-5H2,1-2H3. The number of carbonyl (C=O) groups is 2. The number of anilines is 1. The lowest BCUT2D eigenvalue weighted by Gasteiger charge is -2.10. The molecule has 0 N–H and O–H groups in total. The minimum atomic E-state index is -0.443. The van der Waals surface area contributed by atoms with E-state index in [-0.39, 0.29) is 30.8 Å². The third-order valence-electron chi connectivity index (χ3n) is 2.63. The minimum absolute atomic E-state index is 0.132. The van der Waals surface area contributed by atoms with Crippen molar-refractivity contribution in [3.05, 3.63) is 0 Å². The average Bonchev–Trinajstić information content (AvgIpc) is 2.93. The zero-order valence-corrected chi connectivity index (χ0v) is 9.66. The Balaban J connectivity index is 2.12. The van der Waals surface area contributed by atoms with Crippen LogP contribution in [-0.4, -0.2) is 45.7 Å². The topological polar surface area (TPSA) is 90.2 Å². The summed E-state index contributed by atoms with van der Waals surface area (Å²) < 4.78 is 4.61. The zero-order valence-electron chi connectivity index (χ0n) is 9.66. The number of aryl methyl sites for hydroxylation is 1. The second kappa shape index (κ2) is 4.48. The van der Waals surface area contributed by atoms with Crippen LogP contribution in [-0.2, 0) is 20.9 Å². The second-order valence-corrected chi connectivity index (χ2v) is 3.71. The highest BCUT2D eigenvalue weighted by Crippen LogP contribution is 2.22. The first kappa shape index (κ1) is 11.5. The summed E-state index contributed by atoms with van der Waals surface area (Å²) in [5.74, 6) is -0.774. The first-order valence-corrected chi connectivity index (χ1v) is 5.31. The van der Waals surface area contributed by atoms with Crippen molar-refractivity contribution in [2.75, 3.05) is 18.6 Å². The van der Waals surface area contributed by atoms with Crippen molar-refractivity contribution in [1.82, 2.24) is 20.2 Å². The lowest BCUT2D eigenvalue weighted by molar-refractivity contribution is -0.145. The van der Waals surface area contributed by atoms with Gasteiger partial charge in [0, 0.05) is 13.0 Å². The number of methoxy groups -OCH3 is 1. The van der Waals surface area contributed by atoms with Gasteiger partial charge in [-0.15, -0.1) is 5.10 Å². The Morgan fingerprint density at radius 3 is 2.94 bits per heavy atom. The van der Waals surface area contributed by atoms with Crippen molar-refractivity contribution < 1.29 is 14.3 Å². The summed E-state index contributed by atoms with van der Waals surface area (Å²) in [6, 6.07) is 0. The lowest BCUT2D eigenvalue weighted by Crippen LogP contribution is -2.27. The fraction of sp³-hybridized carbons (Fsp3) is 0.667. The van der Waals surface area contributed by atoms with E-state index in [2.05, 4.69) is 20.1 Å². The number of rotatable bonds is 3. The smallest absolute Gasteiger partial charge is 0.311 e. The normalized spacial score (nSPS) is 19.8. The Morgan fingerprint density at radius 2 is 2.35 bits per heavy atom. The van der Waals surface area contributed by atoms with Crippen LogP contribution in [0.2, 0.25) is 0 Å². The fourth-order valence-corrected chi connectivity index (χ4v) is 1.70. The molecule has 1 aliphatic rings. The fourth-order valence-electron chi connectivity index (χ4n) is 1.70. The number of ether oxygens (including phenoxy) is 1. The van der Waals surface area contributed by atoms with Crippen LogP contribution < -0.4 is 4.90 Å². The SMILES string of the molecule is CCn1nnc(N2CC(C(=O)OC)CC2=O)n1. The maximum atomic E-state index is 11.7. The van der Waals surface area contributed by atoms with Gasteiger partial charge in [0.15, 0.2) is 0 Å². The third kappa shape index (κ3) is 2.10. The molecule has 0 saturated carbocycles. The molecule has 1 aromatic rings. The van der Waals surface area contributed by atoms with Crippen molar-refractivity contribution in [2.24, 2.45) is 5.92 Å². The van der Waals surface area contributed by atoms with Crippen molar-refractivity contribution in [2.45, 2.75) is 19.9 Å². The molecule has 0 aliphatic carbocycles. The Labute approximate surface area is 97.5 Å². The molecule has 1 atom stereocenters. The molecule has 17 heavy (non-hydrogen) atoms. The number of nitrogens with zero attached hydrogens (tertiary/aromatic N) is 5. The summed E-state index contributed by atoms with van der Waals surface area (Å²) in [4.78, 5) is 25.8. The van der Waals surface area contributed by atoms with Crippen LogP contribution in [0.4, 0.5) is 5.95 Å². The molecule has 0 radical (unpaired) electrons. The average molecular weight is 239 g/mol. The molecule has 0 bridgehead atoms. The highest BCUT2D eigenvalue weighted by molar-refractivity contribution is 5.98. The Hall–Kier alpha value is -1.99. The molecule has 0 aromatic carbocycles. The number of aromatic nitrogens is 4. The van der Waals surface area contributed by atoms with E-state index < -0.39 is 5.92 Å². The molecule has 8 nitrogen and oxygen atoms in total. The van der Waals surface area contributed by atoms with E-state index >= 15 is 0 Å². The monoisotopic (exact) mass is 239 g/mol. The lowest BCUT2D eigenvalue weighted by atomic mass is 10.1. The first-order valence-electron chi connectivity index (χ1n) is 5.31. The van der Waals surface area contributed by atoms with Gasteiger partial charge in [0.1, 0.15) is 0 Å². The molecule has 1 aliphatic heterocycles. The maximum absolute atomic E-state index is 11.7. The molecule has 2 rings (SSSR count). The third-order valence-corrected chi connectivity index (χ3v) is 2.63. The van der Waals surface area contributed by atoms with Crippen LogP contribution in [0.1, 0.15) is 13.3 Å². The number of tetrazole rings is 1. The number of amides is 1. The van der Waals surface area contributed by atoms with Crippen molar-refractivity contribution in [1.29, 1.82) is 0 Å². The van der Waals surface area contributed by atoms with Crippen LogP contribution in [0.5, 0.6) is 0 Å². The van der Waals surface area contributed by atoms with Gasteiger partial charge in [0.2, 0.25) is 5.91 Å². The summed E-state index contributed by atoms with van der Waals surface area (Å²) in [6.45, 7) is 2.70. The van der Waals surface area contributed by atoms with Crippen molar-refractivity contribution >= 4 is 17.8 Å². The quantitative estimate of drug-likeness (QED) is 0.643. The number of hydrogen-bond donors (Lipinski definition) is 0. The summed E-state index contributed by atoms with van der Waals surface area (Å²) >= 11 is 0. The number of hydrogen-bond acceptors (Lipinski definition) is 6. The maximum Gasteiger partial charge on any atom is 0.311 e. The summed E-state index contributed by atoms with van der Waals surface area (Å²) in [5.41, 5.74) is 0. The van der Waals surface area contributed by atoms with E-state index in [4.69, 9.17) is 0 Å². The van der Waals surface area contributed by atoms with E-state index in [0.717, 1.165) is 0 Å². The Morgan fingerprint density at radius 1 is 1.59 bits per heavy atom. The van der Waals surface area contributed by atoms with Crippen molar-refractivity contribution in [3.63, 3.8) is 0 Å². The molecule has 2 heterocycles. The second-order valence-electron chi connectivity index (χ2n) is 3.71. The van der Waals surface area contributed by atoms with Crippen LogP contribution in [0.25, 0.3) is 0 Å². The molecule has 1 unspecified atom stereocenters. The predicted octanol–water partition coefficient (Wildman–Crippen LogP) is -0.781. The van der Waals surface area contributed by atoms with Gasteiger partial charge in [-0.3, -0.25) is 14.5 Å². The number of carbonyl (C=O) groups excluding carboxylic acids is 2. The summed E-state index contributed by atoms with van der Waals surface area (Å²) in [5, 5.41) is 11.6. The highest BCUT2D eigenvalue weighted by Gasteiger charge is 2.37. The molecular weight excluding hydrogens is 226 g/mol.